The van der Waals surface area contributed by atoms with E-state index in [9.17, 15) is 9.59 Å². The van der Waals surface area contributed by atoms with Crippen LogP contribution in [0.4, 0.5) is 0 Å². The standard InChI is InChI=1S/C11H16N4O3/c16-10(17)1-2-14-3-5-15(6-4-14)11(18)9-7-12-8-13-9/h7-8H,1-6H2,(H,12,13)(H,16,17). The molecule has 2 rings (SSSR count). The first-order valence-electron chi connectivity index (χ1n) is 5.88. The number of aromatic amines is 1. The third-order valence-electron chi connectivity index (χ3n) is 3.03. The van der Waals surface area contributed by atoms with Gasteiger partial charge in [0.25, 0.3) is 5.91 Å². The number of aromatic nitrogens is 2. The zero-order chi connectivity index (χ0) is 13.0. The highest BCUT2D eigenvalue weighted by atomic mass is 16.4. The van der Waals surface area contributed by atoms with Crippen LogP contribution in [-0.4, -0.2) is 69.5 Å². The first-order chi connectivity index (χ1) is 8.66. The van der Waals surface area contributed by atoms with Gasteiger partial charge in [-0.15, -0.1) is 0 Å². The highest BCUT2D eigenvalue weighted by Crippen LogP contribution is 2.06. The number of imidazole rings is 1. The van der Waals surface area contributed by atoms with Crippen molar-refractivity contribution < 1.29 is 14.7 Å². The van der Waals surface area contributed by atoms with Crippen molar-refractivity contribution in [2.24, 2.45) is 0 Å². The van der Waals surface area contributed by atoms with E-state index in [1.165, 1.54) is 12.5 Å². The van der Waals surface area contributed by atoms with Gasteiger partial charge >= 0.3 is 5.97 Å². The lowest BCUT2D eigenvalue weighted by atomic mass is 10.2. The van der Waals surface area contributed by atoms with Crippen LogP contribution in [0.25, 0.3) is 0 Å². The number of piperazine rings is 1. The lowest BCUT2D eigenvalue weighted by Gasteiger charge is -2.34. The van der Waals surface area contributed by atoms with Crippen molar-refractivity contribution >= 4 is 11.9 Å². The molecule has 1 saturated heterocycles. The van der Waals surface area contributed by atoms with E-state index < -0.39 is 5.97 Å². The zero-order valence-corrected chi connectivity index (χ0v) is 10.0. The lowest BCUT2D eigenvalue weighted by Crippen LogP contribution is -2.49. The summed E-state index contributed by atoms with van der Waals surface area (Å²) in [4.78, 5) is 32.9. The molecular weight excluding hydrogens is 236 g/mol. The summed E-state index contributed by atoms with van der Waals surface area (Å²) < 4.78 is 0. The maximum atomic E-state index is 12.0. The topological polar surface area (TPSA) is 89.5 Å². The summed E-state index contributed by atoms with van der Waals surface area (Å²) in [7, 11) is 0. The van der Waals surface area contributed by atoms with Gasteiger partial charge in [0.1, 0.15) is 5.69 Å². The summed E-state index contributed by atoms with van der Waals surface area (Å²) in [5.41, 5.74) is 0.494. The van der Waals surface area contributed by atoms with Crippen molar-refractivity contribution in [3.8, 4) is 0 Å². The molecule has 2 heterocycles. The van der Waals surface area contributed by atoms with Crippen molar-refractivity contribution in [3.63, 3.8) is 0 Å². The third kappa shape index (κ3) is 3.07. The van der Waals surface area contributed by atoms with Crippen LogP contribution in [0.1, 0.15) is 16.9 Å². The van der Waals surface area contributed by atoms with Gasteiger partial charge in [0.15, 0.2) is 0 Å². The second kappa shape index (κ2) is 5.63. The van der Waals surface area contributed by atoms with Crippen molar-refractivity contribution in [2.45, 2.75) is 6.42 Å². The Balaban J connectivity index is 1.80. The average molecular weight is 252 g/mol. The van der Waals surface area contributed by atoms with Gasteiger partial charge in [-0.25, -0.2) is 4.98 Å². The van der Waals surface area contributed by atoms with Gasteiger partial charge < -0.3 is 15.0 Å². The molecular formula is C11H16N4O3. The largest absolute Gasteiger partial charge is 0.481 e. The Kier molecular flexibility index (Phi) is 3.93. The van der Waals surface area contributed by atoms with Crippen LogP contribution in [-0.2, 0) is 4.79 Å². The van der Waals surface area contributed by atoms with Crippen molar-refractivity contribution in [1.82, 2.24) is 19.8 Å². The number of amides is 1. The Morgan fingerprint density at radius 3 is 2.61 bits per heavy atom. The Labute approximate surface area is 104 Å². The number of nitrogens with one attached hydrogen (secondary N) is 1. The van der Waals surface area contributed by atoms with Crippen molar-refractivity contribution in [2.75, 3.05) is 32.7 Å². The Morgan fingerprint density at radius 1 is 1.33 bits per heavy atom. The van der Waals surface area contributed by atoms with E-state index in [2.05, 4.69) is 14.9 Å². The minimum atomic E-state index is -0.786. The molecule has 1 aliphatic rings. The van der Waals surface area contributed by atoms with Crippen LogP contribution in [0.5, 0.6) is 0 Å². The van der Waals surface area contributed by atoms with Gasteiger partial charge in [-0.1, -0.05) is 0 Å². The van der Waals surface area contributed by atoms with E-state index in [1.807, 2.05) is 0 Å². The number of hydrogen-bond donors (Lipinski definition) is 2. The molecule has 0 atom stereocenters. The molecule has 1 aliphatic heterocycles. The number of nitrogens with zero attached hydrogens (tertiary/aromatic N) is 3. The van der Waals surface area contributed by atoms with Crippen molar-refractivity contribution in [3.05, 3.63) is 18.2 Å². The number of aliphatic carboxylic acids is 1. The smallest absolute Gasteiger partial charge is 0.304 e. The number of carbonyl (C=O) groups is 2. The van der Waals surface area contributed by atoms with Gasteiger partial charge in [-0.3, -0.25) is 14.5 Å². The fourth-order valence-electron chi connectivity index (χ4n) is 1.97. The summed E-state index contributed by atoms with van der Waals surface area (Å²) in [6, 6.07) is 0. The molecule has 0 aliphatic carbocycles. The number of carbonyl (C=O) groups excluding carboxylic acids is 1. The highest BCUT2D eigenvalue weighted by Gasteiger charge is 2.22. The van der Waals surface area contributed by atoms with Gasteiger partial charge in [0.05, 0.1) is 18.9 Å². The normalized spacial score (nSPS) is 16.8. The molecule has 0 radical (unpaired) electrons. The molecule has 1 fully saturated rings. The maximum Gasteiger partial charge on any atom is 0.304 e. The molecule has 1 amide bonds. The summed E-state index contributed by atoms with van der Waals surface area (Å²) in [5.74, 6) is -0.837. The zero-order valence-electron chi connectivity index (χ0n) is 10.0. The Hall–Kier alpha value is -1.89. The predicted molar refractivity (Wildman–Crippen MR) is 63.2 cm³/mol. The third-order valence-corrected chi connectivity index (χ3v) is 3.03. The van der Waals surface area contributed by atoms with E-state index in [4.69, 9.17) is 5.11 Å². The van der Waals surface area contributed by atoms with Crippen LogP contribution >= 0.6 is 0 Å². The second-order valence-electron chi connectivity index (χ2n) is 4.24. The van der Waals surface area contributed by atoms with E-state index in [-0.39, 0.29) is 12.3 Å². The first kappa shape index (κ1) is 12.6. The molecule has 1 aromatic heterocycles. The number of hydrogen-bond acceptors (Lipinski definition) is 4. The summed E-state index contributed by atoms with van der Waals surface area (Å²) >= 11 is 0. The molecule has 0 spiro atoms. The first-order valence-corrected chi connectivity index (χ1v) is 5.88. The monoisotopic (exact) mass is 252 g/mol. The molecule has 7 heteroatoms. The number of carboxylic acids is 1. The SMILES string of the molecule is O=C(O)CCN1CCN(C(=O)c2cnc[nH]2)CC1. The van der Waals surface area contributed by atoms with Crippen molar-refractivity contribution in [1.29, 1.82) is 0 Å². The van der Waals surface area contributed by atoms with Gasteiger partial charge in [-0.05, 0) is 0 Å². The summed E-state index contributed by atoms with van der Waals surface area (Å²) in [6.45, 7) is 3.22. The molecule has 2 N–H and O–H groups in total. The molecule has 18 heavy (non-hydrogen) atoms. The molecule has 0 unspecified atom stereocenters. The quantitative estimate of drug-likeness (QED) is 0.764. The van der Waals surface area contributed by atoms with Crippen LogP contribution in [0, 0.1) is 0 Å². The minimum absolute atomic E-state index is 0.0506. The number of carboxylic acid groups (broad SMARTS) is 1. The molecule has 7 nitrogen and oxygen atoms in total. The summed E-state index contributed by atoms with van der Waals surface area (Å²) in [5, 5.41) is 8.61. The average Bonchev–Trinajstić information content (AvgIpc) is 2.90. The predicted octanol–water partition coefficient (Wildman–Crippen LogP) is -0.358. The molecule has 98 valence electrons. The van der Waals surface area contributed by atoms with Crippen LogP contribution in [0.15, 0.2) is 12.5 Å². The lowest BCUT2D eigenvalue weighted by molar-refractivity contribution is -0.137. The molecule has 0 saturated carbocycles. The number of rotatable bonds is 4. The molecule has 1 aromatic rings. The van der Waals surface area contributed by atoms with E-state index in [1.54, 1.807) is 4.90 Å². The van der Waals surface area contributed by atoms with E-state index >= 15 is 0 Å². The van der Waals surface area contributed by atoms with Gasteiger partial charge in [0, 0.05) is 32.7 Å². The minimum Gasteiger partial charge on any atom is -0.481 e. The van der Waals surface area contributed by atoms with Gasteiger partial charge in [0.2, 0.25) is 0 Å². The second-order valence-corrected chi connectivity index (χ2v) is 4.24. The molecule has 0 bridgehead atoms. The van der Waals surface area contributed by atoms with E-state index in [0.717, 1.165) is 0 Å². The summed E-state index contributed by atoms with van der Waals surface area (Å²) in [6.07, 6.45) is 3.14. The van der Waals surface area contributed by atoms with Gasteiger partial charge in [-0.2, -0.15) is 0 Å². The number of H-pyrrole nitrogens is 1. The van der Waals surface area contributed by atoms with E-state index in [0.29, 0.717) is 38.4 Å². The fourth-order valence-corrected chi connectivity index (χ4v) is 1.97. The van der Waals surface area contributed by atoms with Crippen LogP contribution in [0.3, 0.4) is 0 Å². The molecule has 0 aromatic carbocycles. The fraction of sp³-hybridized carbons (Fsp3) is 0.545. The highest BCUT2D eigenvalue weighted by molar-refractivity contribution is 5.92. The Morgan fingerprint density at radius 2 is 2.06 bits per heavy atom. The Bertz CT molecular complexity index is 410. The van der Waals surface area contributed by atoms with Crippen LogP contribution < -0.4 is 0 Å². The van der Waals surface area contributed by atoms with Crippen LogP contribution in [0.2, 0.25) is 0 Å². The maximum absolute atomic E-state index is 12.0.